The normalized spacial score (nSPS) is 14.5. The number of aryl methyl sites for hydroxylation is 3. The van der Waals surface area contributed by atoms with Crippen molar-refractivity contribution in [3.63, 3.8) is 0 Å². The fraction of sp³-hybridized carbons (Fsp3) is 0.300. The molecule has 0 radical (unpaired) electrons. The Morgan fingerprint density at radius 3 is 2.84 bits per heavy atom. The number of fused-ring (bicyclic) bond motifs is 2. The van der Waals surface area contributed by atoms with Crippen molar-refractivity contribution in [3.05, 3.63) is 56.9 Å². The van der Waals surface area contributed by atoms with Gasteiger partial charge in [-0.15, -0.1) is 11.3 Å². The summed E-state index contributed by atoms with van der Waals surface area (Å²) >= 11 is 1.49. The number of H-pyrrole nitrogens is 1. The largest absolute Gasteiger partial charge is 0.450 e. The third-order valence-corrected chi connectivity index (χ3v) is 5.96. The molecule has 0 spiro atoms. The molecule has 1 aliphatic carbocycles. The zero-order chi connectivity index (χ0) is 17.6. The minimum atomic E-state index is -0.817. The molecule has 0 amide bonds. The lowest BCUT2D eigenvalue weighted by Crippen LogP contribution is -2.24. The Kier molecular flexibility index (Phi) is 3.96. The molecule has 0 fully saturated rings. The van der Waals surface area contributed by atoms with Gasteiger partial charge in [0.2, 0.25) is 5.78 Å². The Balaban J connectivity index is 1.55. The van der Waals surface area contributed by atoms with E-state index in [1.165, 1.54) is 21.8 Å². The second-order valence-electron chi connectivity index (χ2n) is 6.49. The van der Waals surface area contributed by atoms with E-state index in [9.17, 15) is 9.59 Å². The predicted octanol–water partition coefficient (Wildman–Crippen LogP) is 4.45. The van der Waals surface area contributed by atoms with Crippen LogP contribution in [0.4, 0.5) is 0 Å². The first kappa shape index (κ1) is 16.1. The number of thiophene rings is 1. The van der Waals surface area contributed by atoms with E-state index in [-0.39, 0.29) is 5.78 Å². The summed E-state index contributed by atoms with van der Waals surface area (Å²) < 4.78 is 5.47. The van der Waals surface area contributed by atoms with E-state index in [1.807, 2.05) is 37.3 Å². The first-order valence-electron chi connectivity index (χ1n) is 8.48. The van der Waals surface area contributed by atoms with Crippen molar-refractivity contribution in [1.29, 1.82) is 0 Å². The van der Waals surface area contributed by atoms with E-state index in [0.717, 1.165) is 35.9 Å². The summed E-state index contributed by atoms with van der Waals surface area (Å²) in [5.74, 6) is -0.579. The Morgan fingerprint density at radius 2 is 2.04 bits per heavy atom. The fourth-order valence-electron chi connectivity index (χ4n) is 3.50. The molecule has 0 saturated carbocycles. The van der Waals surface area contributed by atoms with Crippen molar-refractivity contribution >= 4 is 34.0 Å². The Bertz CT molecular complexity index is 961. The number of aromatic amines is 1. The molecule has 1 atom stereocenters. The van der Waals surface area contributed by atoms with Gasteiger partial charge in [-0.2, -0.15) is 0 Å². The summed E-state index contributed by atoms with van der Waals surface area (Å²) in [6.45, 7) is 3.51. The highest BCUT2D eigenvalue weighted by Crippen LogP contribution is 2.31. The number of Topliss-reactive ketones (excluding diaryl/α,β-unsaturated/α-hetero) is 1. The maximum atomic E-state index is 12.9. The third kappa shape index (κ3) is 2.78. The minimum absolute atomic E-state index is 0.174. The number of ether oxygens (including phenoxy) is 1. The van der Waals surface area contributed by atoms with Gasteiger partial charge in [-0.05, 0) is 50.8 Å². The van der Waals surface area contributed by atoms with Crippen LogP contribution in [0.1, 0.15) is 49.5 Å². The van der Waals surface area contributed by atoms with Crippen LogP contribution in [0.25, 0.3) is 10.9 Å². The lowest BCUT2D eigenvalue weighted by molar-refractivity contribution is 0.0324. The molecule has 0 saturated heterocycles. The Labute approximate surface area is 149 Å². The van der Waals surface area contributed by atoms with Crippen LogP contribution >= 0.6 is 11.3 Å². The van der Waals surface area contributed by atoms with Gasteiger partial charge in [-0.3, -0.25) is 4.79 Å². The molecule has 2 aromatic heterocycles. The molecule has 0 bridgehead atoms. The summed E-state index contributed by atoms with van der Waals surface area (Å²) in [6.07, 6.45) is 2.41. The van der Waals surface area contributed by atoms with Gasteiger partial charge in [0.25, 0.3) is 0 Å². The van der Waals surface area contributed by atoms with Crippen LogP contribution in [0.3, 0.4) is 0 Å². The standard InChI is InChI=1S/C20H19NO3S/c1-11-18(14-7-3-4-8-15(14)21-11)19(22)12(2)24-20(23)17-10-13-6-5-9-16(13)25-17/h3-4,7-8,10,12,21H,5-6,9H2,1-2H3/t12-/m0/s1. The number of aromatic nitrogens is 1. The molecule has 3 aromatic rings. The van der Waals surface area contributed by atoms with Crippen molar-refractivity contribution in [1.82, 2.24) is 4.98 Å². The van der Waals surface area contributed by atoms with Gasteiger partial charge < -0.3 is 9.72 Å². The average molecular weight is 353 g/mol. The zero-order valence-corrected chi connectivity index (χ0v) is 15.0. The van der Waals surface area contributed by atoms with Gasteiger partial charge in [0, 0.05) is 27.0 Å². The van der Waals surface area contributed by atoms with Crippen molar-refractivity contribution < 1.29 is 14.3 Å². The molecule has 1 aromatic carbocycles. The van der Waals surface area contributed by atoms with Crippen LogP contribution in [0.15, 0.2) is 30.3 Å². The first-order valence-corrected chi connectivity index (χ1v) is 9.30. The Hall–Kier alpha value is -2.40. The maximum absolute atomic E-state index is 12.9. The highest BCUT2D eigenvalue weighted by molar-refractivity contribution is 7.14. The van der Waals surface area contributed by atoms with Crippen molar-refractivity contribution in [2.45, 2.75) is 39.2 Å². The number of ketones is 1. The lowest BCUT2D eigenvalue weighted by atomic mass is 10.0. The number of para-hydroxylation sites is 1. The number of hydrogen-bond acceptors (Lipinski definition) is 4. The number of rotatable bonds is 4. The molecule has 0 unspecified atom stereocenters. The van der Waals surface area contributed by atoms with E-state index in [0.29, 0.717) is 10.4 Å². The van der Waals surface area contributed by atoms with Crippen LogP contribution in [-0.4, -0.2) is 22.8 Å². The van der Waals surface area contributed by atoms with Crippen LogP contribution < -0.4 is 0 Å². The van der Waals surface area contributed by atoms with Crippen molar-refractivity contribution in [2.75, 3.05) is 0 Å². The summed E-state index contributed by atoms with van der Waals surface area (Å²) in [4.78, 5) is 30.4. The van der Waals surface area contributed by atoms with E-state index < -0.39 is 12.1 Å². The van der Waals surface area contributed by atoms with E-state index in [4.69, 9.17) is 4.74 Å². The van der Waals surface area contributed by atoms with Crippen LogP contribution in [0.5, 0.6) is 0 Å². The summed E-state index contributed by atoms with van der Waals surface area (Å²) in [5, 5.41) is 0.864. The van der Waals surface area contributed by atoms with Crippen LogP contribution in [0, 0.1) is 6.92 Å². The summed E-state index contributed by atoms with van der Waals surface area (Å²) in [5.41, 5.74) is 3.56. The lowest BCUT2D eigenvalue weighted by Gasteiger charge is -2.12. The molecule has 2 heterocycles. The number of benzene rings is 1. The number of esters is 1. The van der Waals surface area contributed by atoms with Gasteiger partial charge in [0.15, 0.2) is 6.10 Å². The topological polar surface area (TPSA) is 59.2 Å². The monoisotopic (exact) mass is 353 g/mol. The second-order valence-corrected chi connectivity index (χ2v) is 7.63. The minimum Gasteiger partial charge on any atom is -0.450 e. The zero-order valence-electron chi connectivity index (χ0n) is 14.2. The molecular formula is C20H19NO3S. The van der Waals surface area contributed by atoms with Gasteiger partial charge in [0.05, 0.1) is 0 Å². The average Bonchev–Trinajstić information content (AvgIpc) is 3.25. The molecule has 4 rings (SSSR count). The Morgan fingerprint density at radius 1 is 1.24 bits per heavy atom. The maximum Gasteiger partial charge on any atom is 0.349 e. The predicted molar refractivity (Wildman–Crippen MR) is 98.6 cm³/mol. The first-order chi connectivity index (χ1) is 12.0. The van der Waals surface area contributed by atoms with Gasteiger partial charge >= 0.3 is 5.97 Å². The van der Waals surface area contributed by atoms with E-state index in [1.54, 1.807) is 6.92 Å². The summed E-state index contributed by atoms with van der Waals surface area (Å²) in [7, 11) is 0. The van der Waals surface area contributed by atoms with Crippen molar-refractivity contribution in [2.24, 2.45) is 0 Å². The quantitative estimate of drug-likeness (QED) is 0.557. The molecule has 128 valence electrons. The number of carbonyl (C=O) groups excluding carboxylic acids is 2. The van der Waals surface area contributed by atoms with Gasteiger partial charge in [-0.25, -0.2) is 4.79 Å². The van der Waals surface area contributed by atoms with Crippen LogP contribution in [-0.2, 0) is 17.6 Å². The molecule has 0 aliphatic heterocycles. The van der Waals surface area contributed by atoms with Gasteiger partial charge in [-0.1, -0.05) is 18.2 Å². The van der Waals surface area contributed by atoms with E-state index >= 15 is 0 Å². The molecule has 25 heavy (non-hydrogen) atoms. The SMILES string of the molecule is Cc1[nH]c2ccccc2c1C(=O)[C@H](C)OC(=O)c1cc2c(s1)CCC2. The van der Waals surface area contributed by atoms with Crippen LogP contribution in [0.2, 0.25) is 0 Å². The highest BCUT2D eigenvalue weighted by Gasteiger charge is 2.26. The smallest absolute Gasteiger partial charge is 0.349 e. The molecule has 5 heteroatoms. The molecule has 4 nitrogen and oxygen atoms in total. The molecule has 1 aliphatic rings. The third-order valence-electron chi connectivity index (χ3n) is 4.74. The highest BCUT2D eigenvalue weighted by atomic mass is 32.1. The number of nitrogens with one attached hydrogen (secondary N) is 1. The summed E-state index contributed by atoms with van der Waals surface area (Å²) in [6, 6.07) is 9.58. The van der Waals surface area contributed by atoms with Crippen molar-refractivity contribution in [3.8, 4) is 0 Å². The van der Waals surface area contributed by atoms with Gasteiger partial charge in [0.1, 0.15) is 4.88 Å². The fourth-order valence-corrected chi connectivity index (χ4v) is 4.64. The number of carbonyl (C=O) groups is 2. The second kappa shape index (κ2) is 6.15. The number of hydrogen-bond donors (Lipinski definition) is 1. The molecule has 1 N–H and O–H groups in total. The molecular weight excluding hydrogens is 334 g/mol. The van der Waals surface area contributed by atoms with E-state index in [2.05, 4.69) is 4.98 Å².